The van der Waals surface area contributed by atoms with Gasteiger partial charge in [-0.3, -0.25) is 0 Å². The van der Waals surface area contributed by atoms with Crippen LogP contribution in [0.15, 0.2) is 30.3 Å². The molecule has 1 fully saturated rings. The van der Waals surface area contributed by atoms with Gasteiger partial charge >= 0.3 is 0 Å². The summed E-state index contributed by atoms with van der Waals surface area (Å²) in [6.07, 6.45) is 7.94. The molecule has 1 aromatic rings. The Morgan fingerprint density at radius 3 is 2.62 bits per heavy atom. The number of hydrogen-bond donors (Lipinski definition) is 1. The second kappa shape index (κ2) is 9.53. The Morgan fingerprint density at radius 2 is 1.90 bits per heavy atom. The normalized spacial score (nSPS) is 25.9. The van der Waals surface area contributed by atoms with Gasteiger partial charge < -0.3 is 5.32 Å². The number of benzene rings is 1. The van der Waals surface area contributed by atoms with E-state index < -0.39 is 0 Å². The molecule has 3 atom stereocenters. The van der Waals surface area contributed by atoms with Gasteiger partial charge in [-0.1, -0.05) is 50.6 Å². The van der Waals surface area contributed by atoms with Crippen molar-refractivity contribution in [2.45, 2.75) is 69.6 Å². The third-order valence-electron chi connectivity index (χ3n) is 4.55. The highest BCUT2D eigenvalue weighted by atomic mass is 32.2. The third-order valence-corrected chi connectivity index (χ3v) is 6.02. The van der Waals surface area contributed by atoms with E-state index in [0.717, 1.165) is 17.2 Å². The molecule has 0 aromatic heterocycles. The summed E-state index contributed by atoms with van der Waals surface area (Å²) in [7, 11) is 0. The average molecular weight is 306 g/mol. The van der Waals surface area contributed by atoms with Crippen molar-refractivity contribution in [3.63, 3.8) is 0 Å². The van der Waals surface area contributed by atoms with E-state index in [9.17, 15) is 0 Å². The first-order valence-electron chi connectivity index (χ1n) is 8.75. The van der Waals surface area contributed by atoms with E-state index in [1.165, 1.54) is 50.8 Å². The Bertz CT molecular complexity index is 378. The van der Waals surface area contributed by atoms with E-state index in [-0.39, 0.29) is 0 Å². The zero-order chi connectivity index (χ0) is 14.9. The van der Waals surface area contributed by atoms with E-state index in [0.29, 0.717) is 0 Å². The maximum absolute atomic E-state index is 3.80. The Balaban J connectivity index is 1.94. The van der Waals surface area contributed by atoms with Crippen LogP contribution >= 0.6 is 11.8 Å². The van der Waals surface area contributed by atoms with Crippen molar-refractivity contribution in [3.8, 4) is 0 Å². The van der Waals surface area contributed by atoms with Gasteiger partial charge in [-0.2, -0.15) is 11.8 Å². The van der Waals surface area contributed by atoms with Crippen LogP contribution in [-0.4, -0.2) is 23.6 Å². The van der Waals surface area contributed by atoms with Crippen molar-refractivity contribution in [1.82, 2.24) is 5.32 Å². The molecule has 0 spiro atoms. The molecule has 21 heavy (non-hydrogen) atoms. The molecule has 0 amide bonds. The molecule has 0 aliphatic heterocycles. The predicted octanol–water partition coefficient (Wildman–Crippen LogP) is 5.22. The topological polar surface area (TPSA) is 12.0 Å². The summed E-state index contributed by atoms with van der Waals surface area (Å²) in [6, 6.07) is 11.9. The maximum atomic E-state index is 3.80. The highest BCUT2D eigenvalue weighted by Gasteiger charge is 2.30. The molecular weight excluding hydrogens is 274 g/mol. The standard InChI is InChI=1S/C19H31NS/c1-3-5-14-21-19-15-17(16-9-7-6-8-10-16)11-12-18(19)20-13-4-2/h6-10,17-20H,3-5,11-15H2,1-2H3. The molecular formula is C19H31NS. The highest BCUT2D eigenvalue weighted by molar-refractivity contribution is 7.99. The summed E-state index contributed by atoms with van der Waals surface area (Å²) in [5.41, 5.74) is 1.55. The second-order valence-corrected chi connectivity index (χ2v) is 7.59. The molecule has 0 radical (unpaired) electrons. The van der Waals surface area contributed by atoms with Crippen LogP contribution in [0.1, 0.15) is 63.9 Å². The largest absolute Gasteiger partial charge is 0.313 e. The molecule has 0 heterocycles. The molecule has 1 aliphatic rings. The molecule has 1 aromatic carbocycles. The molecule has 2 heteroatoms. The van der Waals surface area contributed by atoms with Crippen LogP contribution < -0.4 is 5.32 Å². The molecule has 1 aliphatic carbocycles. The first-order chi connectivity index (χ1) is 10.3. The minimum atomic E-state index is 0.728. The fourth-order valence-corrected chi connectivity index (χ4v) is 4.87. The van der Waals surface area contributed by atoms with Crippen molar-refractivity contribution in [2.24, 2.45) is 0 Å². The summed E-state index contributed by atoms with van der Waals surface area (Å²) in [4.78, 5) is 0. The number of thioether (sulfide) groups is 1. The minimum Gasteiger partial charge on any atom is -0.313 e. The summed E-state index contributed by atoms with van der Waals surface area (Å²) < 4.78 is 0. The zero-order valence-corrected chi connectivity index (χ0v) is 14.5. The van der Waals surface area contributed by atoms with Crippen molar-refractivity contribution < 1.29 is 0 Å². The van der Waals surface area contributed by atoms with Crippen molar-refractivity contribution in [3.05, 3.63) is 35.9 Å². The molecule has 2 rings (SSSR count). The fraction of sp³-hybridized carbons (Fsp3) is 0.684. The first-order valence-corrected chi connectivity index (χ1v) is 9.80. The number of unbranched alkanes of at least 4 members (excludes halogenated alkanes) is 1. The summed E-state index contributed by atoms with van der Waals surface area (Å²) >= 11 is 2.22. The first kappa shape index (κ1) is 16.9. The van der Waals surface area contributed by atoms with Crippen LogP contribution in [0.25, 0.3) is 0 Å². The van der Waals surface area contributed by atoms with Gasteiger partial charge in [0.05, 0.1) is 0 Å². The predicted molar refractivity (Wildman–Crippen MR) is 96.3 cm³/mol. The molecule has 1 N–H and O–H groups in total. The van der Waals surface area contributed by atoms with Crippen molar-refractivity contribution in [2.75, 3.05) is 12.3 Å². The van der Waals surface area contributed by atoms with E-state index in [4.69, 9.17) is 0 Å². The van der Waals surface area contributed by atoms with Crippen LogP contribution in [-0.2, 0) is 0 Å². The van der Waals surface area contributed by atoms with Crippen LogP contribution in [0, 0.1) is 0 Å². The van der Waals surface area contributed by atoms with Crippen LogP contribution in [0.2, 0.25) is 0 Å². The Hall–Kier alpha value is -0.470. The van der Waals surface area contributed by atoms with Crippen molar-refractivity contribution >= 4 is 11.8 Å². The van der Waals surface area contributed by atoms with Gasteiger partial charge in [0.25, 0.3) is 0 Å². The minimum absolute atomic E-state index is 0.728. The monoisotopic (exact) mass is 305 g/mol. The lowest BCUT2D eigenvalue weighted by molar-refractivity contribution is 0.353. The number of nitrogens with one attached hydrogen (secondary N) is 1. The van der Waals surface area contributed by atoms with Crippen molar-refractivity contribution in [1.29, 1.82) is 0 Å². The molecule has 1 nitrogen and oxygen atoms in total. The summed E-state index contributed by atoms with van der Waals surface area (Å²) in [5.74, 6) is 2.09. The van der Waals surface area contributed by atoms with Crippen LogP contribution in [0.5, 0.6) is 0 Å². The molecule has 0 bridgehead atoms. The van der Waals surface area contributed by atoms with Gasteiger partial charge in [-0.05, 0) is 55.9 Å². The lowest BCUT2D eigenvalue weighted by Gasteiger charge is -2.37. The van der Waals surface area contributed by atoms with Gasteiger partial charge in [0.1, 0.15) is 0 Å². The smallest absolute Gasteiger partial charge is 0.0206 e. The third kappa shape index (κ3) is 5.34. The quantitative estimate of drug-likeness (QED) is 0.660. The SMILES string of the molecule is CCCCSC1CC(c2ccccc2)CCC1NCCC. The van der Waals surface area contributed by atoms with E-state index in [1.807, 2.05) is 0 Å². The lowest BCUT2D eigenvalue weighted by atomic mass is 9.81. The van der Waals surface area contributed by atoms with E-state index in [1.54, 1.807) is 5.56 Å². The van der Waals surface area contributed by atoms with Gasteiger partial charge in [0.2, 0.25) is 0 Å². The fourth-order valence-electron chi connectivity index (χ4n) is 3.28. The van der Waals surface area contributed by atoms with Gasteiger partial charge in [-0.25, -0.2) is 0 Å². The van der Waals surface area contributed by atoms with Crippen LogP contribution in [0.3, 0.4) is 0 Å². The Labute approximate surface area is 135 Å². The van der Waals surface area contributed by atoms with E-state index >= 15 is 0 Å². The molecule has 1 saturated carbocycles. The molecule has 3 unspecified atom stereocenters. The van der Waals surface area contributed by atoms with Gasteiger partial charge in [0.15, 0.2) is 0 Å². The van der Waals surface area contributed by atoms with Gasteiger partial charge in [0, 0.05) is 11.3 Å². The Kier molecular flexibility index (Phi) is 7.66. The molecule has 118 valence electrons. The second-order valence-electron chi connectivity index (χ2n) is 6.24. The summed E-state index contributed by atoms with van der Waals surface area (Å²) in [5, 5.41) is 4.59. The average Bonchev–Trinajstić information content (AvgIpc) is 2.54. The van der Waals surface area contributed by atoms with Crippen LogP contribution in [0.4, 0.5) is 0 Å². The number of hydrogen-bond acceptors (Lipinski definition) is 2. The lowest BCUT2D eigenvalue weighted by Crippen LogP contribution is -2.42. The summed E-state index contributed by atoms with van der Waals surface area (Å²) in [6.45, 7) is 5.73. The highest BCUT2D eigenvalue weighted by Crippen LogP contribution is 2.38. The van der Waals surface area contributed by atoms with Gasteiger partial charge in [-0.15, -0.1) is 0 Å². The zero-order valence-electron chi connectivity index (χ0n) is 13.7. The Morgan fingerprint density at radius 1 is 1.10 bits per heavy atom. The van der Waals surface area contributed by atoms with E-state index in [2.05, 4.69) is 61.3 Å². The number of rotatable bonds is 8. The maximum Gasteiger partial charge on any atom is 0.0206 e. The molecule has 0 saturated heterocycles.